The SMILES string of the molecule is CC(=O)Nc1ccc(S(=O)(=O)N(CC(C)C)C[C@@H](O)[C@H](Cc2ccccc2)NC(=O)OCc2cccnc2)cc1. The van der Waals surface area contributed by atoms with E-state index in [9.17, 15) is 23.1 Å². The summed E-state index contributed by atoms with van der Waals surface area (Å²) >= 11 is 0. The van der Waals surface area contributed by atoms with Crippen LogP contribution in [0.25, 0.3) is 0 Å². The number of aromatic nitrogens is 1. The molecule has 0 aliphatic carbocycles. The van der Waals surface area contributed by atoms with Gasteiger partial charge in [0.1, 0.15) is 6.61 Å². The Labute approximate surface area is 235 Å². The Hall–Kier alpha value is -3.80. The molecule has 0 aliphatic rings. The van der Waals surface area contributed by atoms with Gasteiger partial charge in [0.05, 0.1) is 17.0 Å². The first kappa shape index (κ1) is 30.7. The molecule has 2 atom stereocenters. The minimum atomic E-state index is -4.01. The molecule has 10 nitrogen and oxygen atoms in total. The zero-order valence-electron chi connectivity index (χ0n) is 22.9. The van der Waals surface area contributed by atoms with Crippen molar-refractivity contribution in [1.29, 1.82) is 0 Å². The molecule has 0 saturated carbocycles. The molecule has 0 saturated heterocycles. The quantitative estimate of drug-likeness (QED) is 0.287. The monoisotopic (exact) mass is 568 g/mol. The fraction of sp³-hybridized carbons (Fsp3) is 0.345. The number of alkyl carbamates (subject to hydrolysis) is 1. The molecular formula is C29H36N4O6S. The third kappa shape index (κ3) is 9.44. The Morgan fingerprint density at radius 3 is 2.25 bits per heavy atom. The summed E-state index contributed by atoms with van der Waals surface area (Å²) < 4.78 is 33.8. The fourth-order valence-corrected chi connectivity index (χ4v) is 5.67. The maximum absolute atomic E-state index is 13.6. The lowest BCUT2D eigenvalue weighted by atomic mass is 10.0. The number of carbonyl (C=O) groups excluding carboxylic acids is 2. The van der Waals surface area contributed by atoms with E-state index in [1.54, 1.807) is 24.5 Å². The summed E-state index contributed by atoms with van der Waals surface area (Å²) in [6.45, 7) is 5.01. The first-order chi connectivity index (χ1) is 19.0. The van der Waals surface area contributed by atoms with Gasteiger partial charge in [-0.15, -0.1) is 0 Å². The van der Waals surface area contributed by atoms with Crippen molar-refractivity contribution in [1.82, 2.24) is 14.6 Å². The zero-order chi connectivity index (χ0) is 29.1. The average molecular weight is 569 g/mol. The minimum absolute atomic E-state index is 0.00381. The summed E-state index contributed by atoms with van der Waals surface area (Å²) in [6, 6.07) is 17.8. The number of sulfonamides is 1. The van der Waals surface area contributed by atoms with Crippen LogP contribution >= 0.6 is 0 Å². The summed E-state index contributed by atoms with van der Waals surface area (Å²) in [4.78, 5) is 28.0. The van der Waals surface area contributed by atoms with Gasteiger partial charge in [-0.2, -0.15) is 4.31 Å². The van der Waals surface area contributed by atoms with E-state index in [4.69, 9.17) is 4.74 Å². The molecule has 214 valence electrons. The van der Waals surface area contributed by atoms with Crippen molar-refractivity contribution in [2.45, 2.75) is 50.8 Å². The lowest BCUT2D eigenvalue weighted by Gasteiger charge is -2.30. The Morgan fingerprint density at radius 2 is 1.65 bits per heavy atom. The molecule has 11 heteroatoms. The number of benzene rings is 2. The van der Waals surface area contributed by atoms with Crippen LogP contribution < -0.4 is 10.6 Å². The van der Waals surface area contributed by atoms with E-state index in [1.165, 1.54) is 35.5 Å². The molecule has 3 aromatic rings. The van der Waals surface area contributed by atoms with Crippen LogP contribution in [0.2, 0.25) is 0 Å². The number of rotatable bonds is 13. The molecule has 3 N–H and O–H groups in total. The van der Waals surface area contributed by atoms with E-state index in [2.05, 4.69) is 15.6 Å². The van der Waals surface area contributed by atoms with Crippen LogP contribution in [0.5, 0.6) is 0 Å². The standard InChI is InChI=1S/C29H36N4O6S/c1-21(2)18-33(40(37,38)26-13-11-25(12-14-26)31-22(3)34)19-28(35)27(16-23-8-5-4-6-9-23)32-29(36)39-20-24-10-7-15-30-17-24/h4-15,17,21,27-28,35H,16,18-20H2,1-3H3,(H,31,34)(H,32,36)/t27-,28+/m0/s1. The number of hydrogen-bond donors (Lipinski definition) is 3. The summed E-state index contributed by atoms with van der Waals surface area (Å²) in [5.74, 6) is -0.304. The molecular weight excluding hydrogens is 532 g/mol. The molecule has 0 aliphatic heterocycles. The maximum atomic E-state index is 13.6. The van der Waals surface area contributed by atoms with Crippen LogP contribution in [0.4, 0.5) is 10.5 Å². The van der Waals surface area contributed by atoms with Gasteiger partial charge in [0.25, 0.3) is 0 Å². The van der Waals surface area contributed by atoms with Gasteiger partial charge in [0.15, 0.2) is 0 Å². The van der Waals surface area contributed by atoms with Gasteiger partial charge in [-0.1, -0.05) is 50.2 Å². The number of ether oxygens (including phenoxy) is 1. The van der Waals surface area contributed by atoms with Crippen molar-refractivity contribution < 1.29 is 27.9 Å². The molecule has 40 heavy (non-hydrogen) atoms. The summed E-state index contributed by atoms with van der Waals surface area (Å²) in [7, 11) is -4.01. The number of aliphatic hydroxyl groups excluding tert-OH is 1. The molecule has 0 bridgehead atoms. The lowest BCUT2D eigenvalue weighted by molar-refractivity contribution is -0.114. The highest BCUT2D eigenvalue weighted by molar-refractivity contribution is 7.89. The van der Waals surface area contributed by atoms with Crippen molar-refractivity contribution in [2.24, 2.45) is 5.92 Å². The van der Waals surface area contributed by atoms with E-state index < -0.39 is 28.3 Å². The number of anilines is 1. The fourth-order valence-electron chi connectivity index (χ4n) is 4.05. The molecule has 0 fully saturated rings. The normalized spacial score (nSPS) is 13.1. The number of nitrogens with zero attached hydrogens (tertiary/aromatic N) is 2. The van der Waals surface area contributed by atoms with Crippen LogP contribution in [0, 0.1) is 5.92 Å². The summed E-state index contributed by atoms with van der Waals surface area (Å²) in [5, 5.41) is 16.6. The Bertz CT molecular complexity index is 1340. The summed E-state index contributed by atoms with van der Waals surface area (Å²) in [6.07, 6.45) is 1.46. The topological polar surface area (TPSA) is 138 Å². The van der Waals surface area contributed by atoms with Gasteiger partial charge in [-0.25, -0.2) is 13.2 Å². The van der Waals surface area contributed by atoms with Crippen LogP contribution in [0.1, 0.15) is 31.9 Å². The van der Waals surface area contributed by atoms with Crippen molar-refractivity contribution >= 4 is 27.7 Å². The van der Waals surface area contributed by atoms with Crippen molar-refractivity contribution in [3.8, 4) is 0 Å². The first-order valence-corrected chi connectivity index (χ1v) is 14.4. The van der Waals surface area contributed by atoms with E-state index in [1.807, 2.05) is 44.2 Å². The second-order valence-corrected chi connectivity index (χ2v) is 11.8. The lowest BCUT2D eigenvalue weighted by Crippen LogP contribution is -2.51. The van der Waals surface area contributed by atoms with E-state index in [0.717, 1.165) is 5.56 Å². The molecule has 3 rings (SSSR count). The van der Waals surface area contributed by atoms with Gasteiger partial charge >= 0.3 is 6.09 Å². The number of nitrogens with one attached hydrogen (secondary N) is 2. The molecule has 2 amide bonds. The van der Waals surface area contributed by atoms with Crippen molar-refractivity contribution in [3.63, 3.8) is 0 Å². The highest BCUT2D eigenvalue weighted by Gasteiger charge is 2.31. The van der Waals surface area contributed by atoms with Crippen LogP contribution in [-0.2, 0) is 32.6 Å². The molecule has 1 heterocycles. The molecule has 0 radical (unpaired) electrons. The van der Waals surface area contributed by atoms with Crippen LogP contribution in [-0.4, -0.2) is 60.0 Å². The van der Waals surface area contributed by atoms with E-state index in [-0.39, 0.29) is 42.8 Å². The minimum Gasteiger partial charge on any atom is -0.445 e. The molecule has 0 spiro atoms. The highest BCUT2D eigenvalue weighted by Crippen LogP contribution is 2.21. The van der Waals surface area contributed by atoms with Gasteiger partial charge in [-0.05, 0) is 48.2 Å². The van der Waals surface area contributed by atoms with Gasteiger partial charge in [-0.3, -0.25) is 9.78 Å². The summed E-state index contributed by atoms with van der Waals surface area (Å²) in [5.41, 5.74) is 2.03. The third-order valence-electron chi connectivity index (χ3n) is 5.93. The predicted molar refractivity (Wildman–Crippen MR) is 152 cm³/mol. The smallest absolute Gasteiger partial charge is 0.407 e. The number of aliphatic hydroxyl groups is 1. The third-order valence-corrected chi connectivity index (χ3v) is 7.78. The predicted octanol–water partition coefficient (Wildman–Crippen LogP) is 3.59. The number of amides is 2. The van der Waals surface area contributed by atoms with Gasteiger partial charge < -0.3 is 20.5 Å². The number of carbonyl (C=O) groups is 2. The maximum Gasteiger partial charge on any atom is 0.407 e. The number of hydrogen-bond acceptors (Lipinski definition) is 7. The van der Waals surface area contributed by atoms with Crippen LogP contribution in [0.15, 0.2) is 84.0 Å². The number of pyridine rings is 1. The molecule has 0 unspecified atom stereocenters. The second-order valence-electron chi connectivity index (χ2n) is 9.87. The Balaban J connectivity index is 1.79. The van der Waals surface area contributed by atoms with Gasteiger partial charge in [0.2, 0.25) is 15.9 Å². The van der Waals surface area contributed by atoms with Crippen LogP contribution in [0.3, 0.4) is 0 Å². The van der Waals surface area contributed by atoms with E-state index in [0.29, 0.717) is 11.3 Å². The zero-order valence-corrected chi connectivity index (χ0v) is 23.7. The average Bonchev–Trinajstić information content (AvgIpc) is 2.92. The second kappa shape index (κ2) is 14.5. The van der Waals surface area contributed by atoms with Crippen molar-refractivity contribution in [2.75, 3.05) is 18.4 Å². The highest BCUT2D eigenvalue weighted by atomic mass is 32.2. The van der Waals surface area contributed by atoms with Crippen molar-refractivity contribution in [3.05, 3.63) is 90.3 Å². The Morgan fingerprint density at radius 1 is 0.975 bits per heavy atom. The Kier molecular flexibility index (Phi) is 11.2. The largest absolute Gasteiger partial charge is 0.445 e. The van der Waals surface area contributed by atoms with Gasteiger partial charge in [0, 0.05) is 43.7 Å². The molecule has 1 aromatic heterocycles. The first-order valence-electron chi connectivity index (χ1n) is 13.0. The van der Waals surface area contributed by atoms with E-state index >= 15 is 0 Å². The molecule has 2 aromatic carbocycles.